The van der Waals surface area contributed by atoms with Gasteiger partial charge in [-0.2, -0.15) is 0 Å². The van der Waals surface area contributed by atoms with Crippen molar-refractivity contribution in [2.45, 2.75) is 50.1 Å². The lowest BCUT2D eigenvalue weighted by Crippen LogP contribution is -2.18. The molecule has 6 nitrogen and oxygen atoms in total. The van der Waals surface area contributed by atoms with Gasteiger partial charge in [0, 0.05) is 11.6 Å². The molecule has 0 saturated heterocycles. The summed E-state index contributed by atoms with van der Waals surface area (Å²) in [7, 11) is 0. The molecule has 0 aliphatic heterocycles. The predicted octanol–water partition coefficient (Wildman–Crippen LogP) is 3.11. The fourth-order valence-corrected chi connectivity index (χ4v) is 3.25. The first-order valence-electron chi connectivity index (χ1n) is 8.32. The second-order valence-corrected chi connectivity index (χ2v) is 7.16. The largest absolute Gasteiger partial charge is 0.336 e. The first-order valence-corrected chi connectivity index (χ1v) is 9.30. The van der Waals surface area contributed by atoms with Gasteiger partial charge in [0.1, 0.15) is 0 Å². The van der Waals surface area contributed by atoms with Crippen molar-refractivity contribution < 1.29 is 4.79 Å². The molecule has 1 aromatic carbocycles. The number of para-hydroxylation sites is 1. The molecule has 128 valence electrons. The zero-order chi connectivity index (χ0) is 17.1. The summed E-state index contributed by atoms with van der Waals surface area (Å²) in [5.41, 5.74) is 2.04. The van der Waals surface area contributed by atoms with Crippen LogP contribution in [0, 0.1) is 0 Å². The van der Waals surface area contributed by atoms with Crippen molar-refractivity contribution in [3.05, 3.63) is 35.7 Å². The molecule has 1 aromatic heterocycles. The van der Waals surface area contributed by atoms with Crippen molar-refractivity contribution >= 4 is 23.4 Å². The van der Waals surface area contributed by atoms with Gasteiger partial charge in [0.2, 0.25) is 11.1 Å². The smallest absolute Gasteiger partial charge is 0.234 e. The summed E-state index contributed by atoms with van der Waals surface area (Å²) in [6, 6.07) is 7.95. The van der Waals surface area contributed by atoms with Crippen molar-refractivity contribution in [2.24, 2.45) is 0 Å². The number of nitrogens with two attached hydrogens (primary N) is 1. The maximum Gasteiger partial charge on any atom is 0.234 e. The van der Waals surface area contributed by atoms with Gasteiger partial charge in [0.15, 0.2) is 5.82 Å². The van der Waals surface area contributed by atoms with E-state index in [1.54, 1.807) is 0 Å². The summed E-state index contributed by atoms with van der Waals surface area (Å²) < 4.78 is 1.52. The van der Waals surface area contributed by atoms with E-state index in [1.165, 1.54) is 16.4 Å². The van der Waals surface area contributed by atoms with Crippen LogP contribution < -0.4 is 11.2 Å². The summed E-state index contributed by atoms with van der Waals surface area (Å²) in [6.07, 6.45) is 3.27. The molecule has 24 heavy (non-hydrogen) atoms. The van der Waals surface area contributed by atoms with Crippen LogP contribution in [0.2, 0.25) is 0 Å². The van der Waals surface area contributed by atoms with Crippen LogP contribution in [0.3, 0.4) is 0 Å². The Morgan fingerprint density at radius 1 is 1.42 bits per heavy atom. The average Bonchev–Trinajstić information content (AvgIpc) is 3.36. The van der Waals surface area contributed by atoms with Crippen LogP contribution in [-0.2, 0) is 4.79 Å². The fourth-order valence-electron chi connectivity index (χ4n) is 2.58. The summed E-state index contributed by atoms with van der Waals surface area (Å²) in [5.74, 6) is 7.86. The highest BCUT2D eigenvalue weighted by molar-refractivity contribution is 7.99. The number of anilines is 1. The summed E-state index contributed by atoms with van der Waals surface area (Å²) >= 11 is 1.31. The van der Waals surface area contributed by atoms with Gasteiger partial charge in [-0.1, -0.05) is 43.8 Å². The van der Waals surface area contributed by atoms with Crippen molar-refractivity contribution in [1.29, 1.82) is 0 Å². The van der Waals surface area contributed by atoms with Crippen molar-refractivity contribution in [1.82, 2.24) is 14.9 Å². The van der Waals surface area contributed by atoms with E-state index in [0.29, 0.717) is 17.0 Å². The van der Waals surface area contributed by atoms with Crippen LogP contribution in [0.1, 0.15) is 56.3 Å². The lowest BCUT2D eigenvalue weighted by atomic mass is 9.97. The number of carbonyl (C=O) groups excluding carboxylic acids is 1. The van der Waals surface area contributed by atoms with E-state index in [0.717, 1.165) is 36.3 Å². The third kappa shape index (κ3) is 3.72. The Labute approximate surface area is 146 Å². The number of nitrogens with one attached hydrogen (secondary N) is 1. The number of nitrogens with zero attached hydrogens (tertiary/aromatic N) is 3. The van der Waals surface area contributed by atoms with Crippen LogP contribution in [0.15, 0.2) is 29.4 Å². The molecule has 1 aliphatic carbocycles. The van der Waals surface area contributed by atoms with Crippen molar-refractivity contribution in [2.75, 3.05) is 16.9 Å². The summed E-state index contributed by atoms with van der Waals surface area (Å²) in [4.78, 5) is 12.3. The molecule has 3 N–H and O–H groups in total. The molecule has 1 saturated carbocycles. The highest BCUT2D eigenvalue weighted by Gasteiger charge is 2.30. The molecule has 1 amide bonds. The number of rotatable bonds is 7. The molecular formula is C17H23N5OS. The van der Waals surface area contributed by atoms with E-state index in [2.05, 4.69) is 35.4 Å². The van der Waals surface area contributed by atoms with E-state index in [4.69, 9.17) is 5.84 Å². The quantitative estimate of drug-likeness (QED) is 0.595. The Kier molecular flexibility index (Phi) is 5.08. The second kappa shape index (κ2) is 7.25. The molecule has 2 aromatic rings. The highest BCUT2D eigenvalue weighted by atomic mass is 32.2. The van der Waals surface area contributed by atoms with E-state index >= 15 is 0 Å². The first-order chi connectivity index (χ1) is 11.6. The van der Waals surface area contributed by atoms with Gasteiger partial charge in [-0.25, -0.2) is 4.68 Å². The molecule has 0 unspecified atom stereocenters. The number of amides is 1. The van der Waals surface area contributed by atoms with E-state index < -0.39 is 0 Å². The number of benzene rings is 1. The Morgan fingerprint density at radius 3 is 2.88 bits per heavy atom. The lowest BCUT2D eigenvalue weighted by molar-refractivity contribution is -0.113. The average molecular weight is 345 g/mol. The van der Waals surface area contributed by atoms with Crippen LogP contribution in [0.4, 0.5) is 5.69 Å². The number of aromatic nitrogens is 3. The molecule has 3 rings (SSSR count). The predicted molar refractivity (Wildman–Crippen MR) is 96.6 cm³/mol. The van der Waals surface area contributed by atoms with Crippen LogP contribution >= 0.6 is 11.8 Å². The molecule has 0 spiro atoms. The van der Waals surface area contributed by atoms with Gasteiger partial charge in [-0.3, -0.25) is 4.79 Å². The minimum absolute atomic E-state index is 0.0632. The zero-order valence-corrected chi connectivity index (χ0v) is 14.8. The molecular weight excluding hydrogens is 322 g/mol. The third-order valence-corrected chi connectivity index (χ3v) is 5.29. The Hall–Kier alpha value is -2.02. The van der Waals surface area contributed by atoms with Crippen molar-refractivity contribution in [3.63, 3.8) is 0 Å². The van der Waals surface area contributed by atoms with Gasteiger partial charge >= 0.3 is 0 Å². The van der Waals surface area contributed by atoms with Gasteiger partial charge in [0.05, 0.1) is 5.75 Å². The Balaban J connectivity index is 1.60. The molecule has 1 fully saturated rings. The van der Waals surface area contributed by atoms with Crippen LogP contribution in [0.5, 0.6) is 0 Å². The molecule has 7 heteroatoms. The maximum absolute atomic E-state index is 12.3. The molecule has 0 bridgehead atoms. The summed E-state index contributed by atoms with van der Waals surface area (Å²) in [5, 5.41) is 11.8. The first kappa shape index (κ1) is 16.8. The fraction of sp³-hybridized carbons (Fsp3) is 0.471. The minimum Gasteiger partial charge on any atom is -0.336 e. The topological polar surface area (TPSA) is 85.8 Å². The second-order valence-electron chi connectivity index (χ2n) is 6.22. The molecule has 1 atom stereocenters. The van der Waals surface area contributed by atoms with Gasteiger partial charge in [-0.05, 0) is 36.8 Å². The normalized spacial score (nSPS) is 15.2. The van der Waals surface area contributed by atoms with Gasteiger partial charge < -0.3 is 11.2 Å². The Bertz CT molecular complexity index is 726. The SMILES string of the molecule is CC[C@H](C)c1ccccc1NC(=O)CSc1nnc(C2CC2)n1N. The van der Waals surface area contributed by atoms with Crippen LogP contribution in [-0.4, -0.2) is 26.5 Å². The minimum atomic E-state index is -0.0632. The van der Waals surface area contributed by atoms with E-state index in [9.17, 15) is 4.79 Å². The maximum atomic E-state index is 12.3. The summed E-state index contributed by atoms with van der Waals surface area (Å²) in [6.45, 7) is 4.31. The number of nitrogen functional groups attached to an aromatic ring is 1. The Morgan fingerprint density at radius 2 is 2.17 bits per heavy atom. The number of thioether (sulfide) groups is 1. The molecule has 0 radical (unpaired) electrons. The third-order valence-electron chi connectivity index (χ3n) is 4.34. The molecule has 1 heterocycles. The van der Waals surface area contributed by atoms with Gasteiger partial charge in [0.25, 0.3) is 0 Å². The van der Waals surface area contributed by atoms with E-state index in [-0.39, 0.29) is 11.7 Å². The monoisotopic (exact) mass is 345 g/mol. The number of carbonyl (C=O) groups is 1. The number of hydrogen-bond donors (Lipinski definition) is 2. The number of hydrogen-bond acceptors (Lipinski definition) is 5. The van der Waals surface area contributed by atoms with Crippen molar-refractivity contribution in [3.8, 4) is 0 Å². The highest BCUT2D eigenvalue weighted by Crippen LogP contribution is 2.39. The zero-order valence-electron chi connectivity index (χ0n) is 14.0. The van der Waals surface area contributed by atoms with Gasteiger partial charge in [-0.15, -0.1) is 10.2 Å². The molecule has 1 aliphatic rings. The standard InChI is InChI=1S/C17H23N5OS/c1-3-11(2)13-6-4-5-7-14(13)19-15(23)10-24-17-21-20-16(22(17)18)12-8-9-12/h4-7,11-12H,3,8-10,18H2,1-2H3,(H,19,23)/t11-/m0/s1. The van der Waals surface area contributed by atoms with E-state index in [1.807, 2.05) is 18.2 Å². The lowest BCUT2D eigenvalue weighted by Gasteiger charge is -2.15. The van der Waals surface area contributed by atoms with Crippen LogP contribution in [0.25, 0.3) is 0 Å².